The normalized spacial score (nSPS) is 14.1. The van der Waals surface area contributed by atoms with Crippen LogP contribution in [0.5, 0.6) is 0 Å². The third-order valence-electron chi connectivity index (χ3n) is 3.22. The molecule has 118 valence electrons. The second kappa shape index (κ2) is 6.22. The van der Waals surface area contributed by atoms with Crippen LogP contribution >= 0.6 is 0 Å². The van der Waals surface area contributed by atoms with Crippen LogP contribution in [0.2, 0.25) is 0 Å². The summed E-state index contributed by atoms with van der Waals surface area (Å²) in [7, 11) is 1.34. The fourth-order valence-corrected chi connectivity index (χ4v) is 2.21. The average molecular weight is 303 g/mol. The van der Waals surface area contributed by atoms with E-state index >= 15 is 0 Å². The fraction of sp³-hybridized carbons (Fsp3) is 0.412. The molecule has 1 aliphatic rings. The molecule has 1 heterocycles. The Bertz CT molecular complexity index is 614. The van der Waals surface area contributed by atoms with E-state index in [-0.39, 0.29) is 6.09 Å². The van der Waals surface area contributed by atoms with Crippen LogP contribution in [-0.4, -0.2) is 29.7 Å². The predicted octanol–water partition coefficient (Wildman–Crippen LogP) is 3.12. The van der Waals surface area contributed by atoms with Crippen molar-refractivity contribution < 1.29 is 19.1 Å². The van der Waals surface area contributed by atoms with Crippen LogP contribution in [0.3, 0.4) is 0 Å². The van der Waals surface area contributed by atoms with E-state index in [0.29, 0.717) is 13.1 Å². The molecular formula is C17H21NO4. The summed E-state index contributed by atoms with van der Waals surface area (Å²) in [5.74, 6) is -0.393. The monoisotopic (exact) mass is 303 g/mol. The Morgan fingerprint density at radius 1 is 1.18 bits per heavy atom. The molecule has 1 amide bonds. The number of ether oxygens (including phenoxy) is 2. The number of hydrogen-bond donors (Lipinski definition) is 0. The minimum absolute atomic E-state index is 0.310. The molecule has 1 aliphatic heterocycles. The zero-order valence-corrected chi connectivity index (χ0v) is 13.4. The van der Waals surface area contributed by atoms with E-state index < -0.39 is 11.6 Å². The number of fused-ring (bicyclic) bond motifs is 1. The zero-order valence-electron chi connectivity index (χ0n) is 13.4. The molecule has 0 unspecified atom stereocenters. The molecule has 0 aromatic heterocycles. The number of rotatable bonds is 2. The Morgan fingerprint density at radius 3 is 2.50 bits per heavy atom. The lowest BCUT2D eigenvalue weighted by molar-refractivity contribution is -0.134. The van der Waals surface area contributed by atoms with Gasteiger partial charge in [-0.05, 0) is 49.6 Å². The summed E-state index contributed by atoms with van der Waals surface area (Å²) < 4.78 is 9.95. The van der Waals surface area contributed by atoms with Crippen molar-refractivity contribution >= 4 is 18.1 Å². The lowest BCUT2D eigenvalue weighted by Crippen LogP contribution is -2.33. The maximum absolute atomic E-state index is 12.1. The molecule has 1 aromatic rings. The maximum atomic E-state index is 12.1. The lowest BCUT2D eigenvalue weighted by atomic mass is 10.1. The quantitative estimate of drug-likeness (QED) is 0.622. The van der Waals surface area contributed by atoms with Gasteiger partial charge in [0.25, 0.3) is 0 Å². The van der Waals surface area contributed by atoms with Gasteiger partial charge in [0.05, 0.1) is 7.11 Å². The highest BCUT2D eigenvalue weighted by Gasteiger charge is 2.27. The van der Waals surface area contributed by atoms with Gasteiger partial charge in [-0.25, -0.2) is 9.59 Å². The van der Waals surface area contributed by atoms with E-state index in [1.807, 2.05) is 39.0 Å². The third kappa shape index (κ3) is 4.10. The van der Waals surface area contributed by atoms with Crippen molar-refractivity contribution in [1.29, 1.82) is 0 Å². The van der Waals surface area contributed by atoms with Gasteiger partial charge in [-0.15, -0.1) is 0 Å². The molecule has 0 fully saturated rings. The molecule has 5 nitrogen and oxygen atoms in total. The first kappa shape index (κ1) is 16.1. The minimum atomic E-state index is -0.500. The van der Waals surface area contributed by atoms with Crippen LogP contribution in [0.15, 0.2) is 24.3 Å². The van der Waals surface area contributed by atoms with Gasteiger partial charge in [-0.2, -0.15) is 0 Å². The van der Waals surface area contributed by atoms with E-state index in [1.165, 1.54) is 13.2 Å². The molecule has 0 atom stereocenters. The second-order valence-electron chi connectivity index (χ2n) is 6.22. The number of benzene rings is 1. The van der Waals surface area contributed by atoms with Crippen LogP contribution in [0.25, 0.3) is 6.08 Å². The van der Waals surface area contributed by atoms with Crippen molar-refractivity contribution in [3.63, 3.8) is 0 Å². The van der Waals surface area contributed by atoms with Gasteiger partial charge in [0.1, 0.15) is 5.60 Å². The van der Waals surface area contributed by atoms with E-state index in [1.54, 1.807) is 11.0 Å². The Morgan fingerprint density at radius 2 is 1.86 bits per heavy atom. The van der Waals surface area contributed by atoms with Gasteiger partial charge in [0.15, 0.2) is 0 Å². The summed E-state index contributed by atoms with van der Waals surface area (Å²) >= 11 is 0. The number of carbonyl (C=O) groups is 2. The number of nitrogens with zero attached hydrogens (tertiary/aromatic N) is 1. The molecule has 0 spiro atoms. The topological polar surface area (TPSA) is 55.8 Å². The lowest BCUT2D eigenvalue weighted by Gasteiger charge is -2.24. The van der Waals surface area contributed by atoms with Crippen LogP contribution < -0.4 is 0 Å². The Kier molecular flexibility index (Phi) is 4.54. The molecule has 0 saturated carbocycles. The highest BCUT2D eigenvalue weighted by atomic mass is 16.6. The third-order valence-corrected chi connectivity index (χ3v) is 3.22. The van der Waals surface area contributed by atoms with E-state index in [4.69, 9.17) is 4.74 Å². The minimum Gasteiger partial charge on any atom is -0.466 e. The van der Waals surface area contributed by atoms with Crippen molar-refractivity contribution in [2.75, 3.05) is 7.11 Å². The Balaban J connectivity index is 2.07. The van der Waals surface area contributed by atoms with Gasteiger partial charge in [-0.1, -0.05) is 12.1 Å². The van der Waals surface area contributed by atoms with Gasteiger partial charge in [0.2, 0.25) is 0 Å². The van der Waals surface area contributed by atoms with Gasteiger partial charge in [-0.3, -0.25) is 4.90 Å². The highest BCUT2D eigenvalue weighted by molar-refractivity contribution is 5.87. The summed E-state index contributed by atoms with van der Waals surface area (Å²) in [5.41, 5.74) is 2.56. The summed E-state index contributed by atoms with van der Waals surface area (Å²) in [6.07, 6.45) is 2.76. The standard InChI is InChI=1S/C17H21NO4/c1-17(2,3)22-16(20)18-10-13-7-5-12(9-14(13)11-18)6-8-15(19)21-4/h5-9H,10-11H2,1-4H3/b8-6+. The largest absolute Gasteiger partial charge is 0.466 e. The van der Waals surface area contributed by atoms with E-state index in [2.05, 4.69) is 4.74 Å². The molecule has 22 heavy (non-hydrogen) atoms. The highest BCUT2D eigenvalue weighted by Crippen LogP contribution is 2.26. The van der Waals surface area contributed by atoms with Crippen molar-refractivity contribution in [1.82, 2.24) is 4.90 Å². The number of esters is 1. The molecule has 0 N–H and O–H groups in total. The van der Waals surface area contributed by atoms with Crippen LogP contribution in [-0.2, 0) is 27.4 Å². The van der Waals surface area contributed by atoms with E-state index in [0.717, 1.165) is 16.7 Å². The zero-order chi connectivity index (χ0) is 16.3. The van der Waals surface area contributed by atoms with Gasteiger partial charge >= 0.3 is 12.1 Å². The first-order valence-electron chi connectivity index (χ1n) is 7.14. The Labute approximate surface area is 130 Å². The molecular weight excluding hydrogens is 282 g/mol. The molecule has 0 saturated heterocycles. The molecule has 2 rings (SSSR count). The number of hydrogen-bond acceptors (Lipinski definition) is 4. The first-order valence-corrected chi connectivity index (χ1v) is 7.14. The van der Waals surface area contributed by atoms with E-state index in [9.17, 15) is 9.59 Å². The number of methoxy groups -OCH3 is 1. The summed E-state index contributed by atoms with van der Waals surface area (Å²) in [6, 6.07) is 5.85. The van der Waals surface area contributed by atoms with Crippen LogP contribution in [0.4, 0.5) is 4.79 Å². The SMILES string of the molecule is COC(=O)/C=C/c1ccc2c(c1)CN(C(=O)OC(C)(C)C)C2. The average Bonchev–Trinajstić information content (AvgIpc) is 2.86. The Hall–Kier alpha value is -2.30. The summed E-state index contributed by atoms with van der Waals surface area (Å²) in [4.78, 5) is 24.9. The number of amides is 1. The second-order valence-corrected chi connectivity index (χ2v) is 6.22. The van der Waals surface area contributed by atoms with Crippen molar-refractivity contribution in [2.24, 2.45) is 0 Å². The van der Waals surface area contributed by atoms with Crippen LogP contribution in [0, 0.1) is 0 Å². The maximum Gasteiger partial charge on any atom is 0.410 e. The molecule has 0 radical (unpaired) electrons. The van der Waals surface area contributed by atoms with Gasteiger partial charge in [0, 0.05) is 19.2 Å². The molecule has 0 aliphatic carbocycles. The number of carbonyl (C=O) groups excluding carboxylic acids is 2. The van der Waals surface area contributed by atoms with Crippen molar-refractivity contribution in [3.05, 3.63) is 41.0 Å². The molecule has 0 bridgehead atoms. The fourth-order valence-electron chi connectivity index (χ4n) is 2.21. The molecule has 5 heteroatoms. The predicted molar refractivity (Wildman–Crippen MR) is 83.0 cm³/mol. The van der Waals surface area contributed by atoms with Gasteiger partial charge < -0.3 is 9.47 Å². The summed E-state index contributed by atoms with van der Waals surface area (Å²) in [6.45, 7) is 6.62. The van der Waals surface area contributed by atoms with Crippen molar-refractivity contribution in [3.8, 4) is 0 Å². The smallest absolute Gasteiger partial charge is 0.410 e. The van der Waals surface area contributed by atoms with Crippen molar-refractivity contribution in [2.45, 2.75) is 39.5 Å². The van der Waals surface area contributed by atoms with Crippen LogP contribution in [0.1, 0.15) is 37.5 Å². The first-order chi connectivity index (χ1) is 10.3. The molecule has 1 aromatic carbocycles. The summed E-state index contributed by atoms with van der Waals surface area (Å²) in [5, 5.41) is 0.